The molecule has 0 heterocycles. The van der Waals surface area contributed by atoms with Gasteiger partial charge >= 0.3 is 0 Å². The zero-order valence-electron chi connectivity index (χ0n) is 2.91. The Hall–Kier alpha value is -0.870. The van der Waals surface area contributed by atoms with Crippen molar-refractivity contribution in [3.05, 3.63) is 0 Å². The summed E-state index contributed by atoms with van der Waals surface area (Å²) >= 11 is 0. The summed E-state index contributed by atoms with van der Waals surface area (Å²) in [5.41, 5.74) is 8.94. The molecule has 0 aromatic heterocycles. The molecular formula is CH5F2N3. The molecule has 0 radical (unpaired) electrons. The number of hydrogen-bond acceptors (Lipinski definition) is 1. The Balaban J connectivity index is 0. The number of hydrogen-bond donors (Lipinski definition) is 3. The van der Waals surface area contributed by atoms with Crippen LogP contribution < -0.4 is 11.5 Å². The molecule has 0 rings (SSSR count). The maximum Gasteiger partial charge on any atom is 0.183 e. The Bertz CT molecular complexity index is 31.8. The van der Waals surface area contributed by atoms with Crippen molar-refractivity contribution in [2.24, 2.45) is 11.5 Å². The first-order valence-corrected chi connectivity index (χ1v) is 0.970. The fourth-order valence-corrected chi connectivity index (χ4v) is 0. The van der Waals surface area contributed by atoms with E-state index in [4.69, 9.17) is 14.6 Å². The Kier molecular flexibility index (Phi) is 13.3. The monoisotopic (exact) mass is 97.0 g/mol. The van der Waals surface area contributed by atoms with Gasteiger partial charge in [-0.2, -0.15) is 0 Å². The van der Waals surface area contributed by atoms with Gasteiger partial charge in [0.15, 0.2) is 5.96 Å². The van der Waals surface area contributed by atoms with E-state index in [1.54, 1.807) is 0 Å². The van der Waals surface area contributed by atoms with Crippen molar-refractivity contribution >= 4 is 5.96 Å². The molecule has 0 spiro atoms. The van der Waals surface area contributed by atoms with E-state index >= 15 is 0 Å². The minimum absolute atomic E-state index is 0.333. The molecule has 0 unspecified atom stereocenters. The Morgan fingerprint density at radius 3 is 1.33 bits per heavy atom. The van der Waals surface area contributed by atoms with Crippen LogP contribution in [0.25, 0.3) is 0 Å². The highest BCUT2D eigenvalue weighted by molar-refractivity contribution is 5.71. The fraction of sp³-hybridized carbons (Fsp3) is 0. The molecule has 0 fully saturated rings. The maximum atomic E-state index is 8.00. The van der Waals surface area contributed by atoms with Gasteiger partial charge in [0.2, 0.25) is 0 Å². The summed E-state index contributed by atoms with van der Waals surface area (Å²) in [7, 11) is 0. The highest BCUT2D eigenvalue weighted by Crippen LogP contribution is 1.42. The largest absolute Gasteiger partial charge is 0.370 e. The first kappa shape index (κ1) is 8.93. The second-order valence-electron chi connectivity index (χ2n) is 0.455. The number of halogens is 2. The Morgan fingerprint density at radius 2 is 1.33 bits per heavy atom. The second kappa shape index (κ2) is 8.92. The minimum atomic E-state index is -0.333. The highest BCUT2D eigenvalue weighted by Gasteiger charge is 1.52. The van der Waals surface area contributed by atoms with Crippen LogP contribution in [0.15, 0.2) is 0 Å². The van der Waals surface area contributed by atoms with E-state index in [1.165, 1.54) is 0 Å². The molecule has 3 nitrogen and oxygen atoms in total. The summed E-state index contributed by atoms with van der Waals surface area (Å²) in [4.78, 5) is 0. The van der Waals surface area contributed by atoms with E-state index in [9.17, 15) is 0 Å². The number of guanidine groups is 1. The molecule has 0 saturated carbocycles. The third-order valence-electron chi connectivity index (χ3n) is 0. The van der Waals surface area contributed by atoms with E-state index in [-0.39, 0.29) is 5.96 Å². The van der Waals surface area contributed by atoms with Crippen molar-refractivity contribution in [1.82, 2.24) is 0 Å². The minimum Gasteiger partial charge on any atom is -0.370 e. The number of nitrogens with two attached hydrogens (primary N) is 2. The van der Waals surface area contributed by atoms with Crippen LogP contribution in [0.3, 0.4) is 0 Å². The summed E-state index contributed by atoms with van der Waals surface area (Å²) in [5, 5.41) is 6.06. The summed E-state index contributed by atoms with van der Waals surface area (Å²) in [5.74, 6) is -0.333. The van der Waals surface area contributed by atoms with Crippen LogP contribution in [0.1, 0.15) is 0 Å². The van der Waals surface area contributed by atoms with Crippen molar-refractivity contribution in [1.29, 1.82) is 5.41 Å². The first-order valence-electron chi connectivity index (χ1n) is 0.970. The lowest BCUT2D eigenvalue weighted by Gasteiger charge is -1.69. The molecule has 0 amide bonds. The predicted molar refractivity (Wildman–Crippen MR) is 18.3 cm³/mol. The Labute approximate surface area is 33.3 Å². The SMILES string of the molecule is FF.N=C(N)N. The molecule has 5 heteroatoms. The van der Waals surface area contributed by atoms with Gasteiger partial charge in [-0.3, -0.25) is 5.41 Å². The van der Waals surface area contributed by atoms with Gasteiger partial charge in [-0.25, -0.2) is 0 Å². The van der Waals surface area contributed by atoms with Crippen molar-refractivity contribution in [2.75, 3.05) is 0 Å². The van der Waals surface area contributed by atoms with Crippen molar-refractivity contribution in [3.8, 4) is 0 Å². The van der Waals surface area contributed by atoms with E-state index in [1.807, 2.05) is 0 Å². The molecular weight excluding hydrogens is 92.0 g/mol. The van der Waals surface area contributed by atoms with Crippen LogP contribution in [0, 0.1) is 5.41 Å². The molecule has 38 valence electrons. The molecule has 0 aliphatic rings. The normalized spacial score (nSPS) is 5.00. The molecule has 0 bridgehead atoms. The summed E-state index contributed by atoms with van der Waals surface area (Å²) in [6.45, 7) is 0. The predicted octanol–water partition coefficient (Wildman–Crippen LogP) is -0.321. The maximum absolute atomic E-state index is 8.00. The summed E-state index contributed by atoms with van der Waals surface area (Å²) in [6, 6.07) is 0. The summed E-state index contributed by atoms with van der Waals surface area (Å²) in [6.07, 6.45) is 0. The summed E-state index contributed by atoms with van der Waals surface area (Å²) < 4.78 is 16.0. The first-order chi connectivity index (χ1) is 2.73. The van der Waals surface area contributed by atoms with E-state index in [0.717, 1.165) is 0 Å². The van der Waals surface area contributed by atoms with Gasteiger partial charge in [0, 0.05) is 9.15 Å². The lowest BCUT2D eigenvalue weighted by Crippen LogP contribution is -2.20. The van der Waals surface area contributed by atoms with Crippen LogP contribution >= 0.6 is 0 Å². The number of rotatable bonds is 0. The lowest BCUT2D eigenvalue weighted by atomic mass is 11.1. The van der Waals surface area contributed by atoms with E-state index in [0.29, 0.717) is 0 Å². The highest BCUT2D eigenvalue weighted by atomic mass is 20.0. The molecule has 6 heavy (non-hydrogen) atoms. The average molecular weight is 97.1 g/mol. The van der Waals surface area contributed by atoms with Crippen molar-refractivity contribution in [3.63, 3.8) is 0 Å². The zero-order valence-corrected chi connectivity index (χ0v) is 2.91. The average Bonchev–Trinajstić information content (AvgIpc) is 1.41. The van der Waals surface area contributed by atoms with Gasteiger partial charge in [-0.15, -0.1) is 0 Å². The van der Waals surface area contributed by atoms with Crippen LogP contribution in [0.2, 0.25) is 0 Å². The van der Waals surface area contributed by atoms with Crippen LogP contribution in [-0.2, 0) is 0 Å². The smallest absolute Gasteiger partial charge is 0.183 e. The van der Waals surface area contributed by atoms with Gasteiger partial charge < -0.3 is 11.5 Å². The molecule has 0 atom stereocenters. The molecule has 5 N–H and O–H groups in total. The standard InChI is InChI=1S/CH5N3.F2/c2-1(3)4;1-2/h(H5,2,3,4);. The zero-order chi connectivity index (χ0) is 5.58. The molecule has 0 aromatic carbocycles. The lowest BCUT2D eigenvalue weighted by molar-refractivity contribution is 0.108. The second-order valence-corrected chi connectivity index (χ2v) is 0.455. The third-order valence-corrected chi connectivity index (χ3v) is 0. The van der Waals surface area contributed by atoms with Gasteiger partial charge in [0.25, 0.3) is 0 Å². The quantitative estimate of drug-likeness (QED) is 0.286. The fourth-order valence-electron chi connectivity index (χ4n) is 0. The molecule has 0 saturated heterocycles. The third kappa shape index (κ3) is 18.8. The van der Waals surface area contributed by atoms with Gasteiger partial charge in [-0.05, 0) is 0 Å². The Morgan fingerprint density at radius 1 is 1.33 bits per heavy atom. The molecule has 0 aliphatic carbocycles. The van der Waals surface area contributed by atoms with Gasteiger partial charge in [0.1, 0.15) is 0 Å². The molecule has 0 aromatic rings. The van der Waals surface area contributed by atoms with Crippen LogP contribution in [0.4, 0.5) is 9.15 Å². The molecule has 0 aliphatic heterocycles. The van der Waals surface area contributed by atoms with Gasteiger partial charge in [0.05, 0.1) is 0 Å². The van der Waals surface area contributed by atoms with Gasteiger partial charge in [-0.1, -0.05) is 0 Å². The van der Waals surface area contributed by atoms with E-state index < -0.39 is 0 Å². The van der Waals surface area contributed by atoms with E-state index in [2.05, 4.69) is 11.5 Å². The van der Waals surface area contributed by atoms with Crippen LogP contribution in [0.5, 0.6) is 0 Å². The number of nitrogens with one attached hydrogen (secondary N) is 1. The van der Waals surface area contributed by atoms with Crippen molar-refractivity contribution < 1.29 is 9.15 Å². The van der Waals surface area contributed by atoms with Crippen LogP contribution in [-0.4, -0.2) is 5.96 Å². The van der Waals surface area contributed by atoms with Crippen molar-refractivity contribution in [2.45, 2.75) is 0 Å². The topological polar surface area (TPSA) is 75.9 Å².